The molecule has 0 radical (unpaired) electrons. The Kier molecular flexibility index (Phi) is 8.32. The molecule has 0 spiro atoms. The van der Waals surface area contributed by atoms with Crippen LogP contribution in [0.25, 0.3) is 0 Å². The average Bonchev–Trinajstić information content (AvgIpc) is 2.86. The number of carboxylic acid groups (broad SMARTS) is 1. The first kappa shape index (κ1) is 25.8. The molecule has 0 aliphatic carbocycles. The van der Waals surface area contributed by atoms with Crippen LogP contribution in [0.5, 0.6) is 5.75 Å². The van der Waals surface area contributed by atoms with E-state index in [4.69, 9.17) is 16.3 Å². The number of ether oxygens (including phenoxy) is 1. The summed E-state index contributed by atoms with van der Waals surface area (Å²) in [5, 5.41) is 30.1. The zero-order chi connectivity index (χ0) is 25.7. The summed E-state index contributed by atoms with van der Waals surface area (Å²) >= 11 is 8.58. The number of rotatable bonds is 8. The third-order valence-corrected chi connectivity index (χ3v) is 7.64. The lowest BCUT2D eigenvalue weighted by molar-refractivity contribution is -0.992. The molecule has 1 atom stereocenters. The molecule has 0 aliphatic heterocycles. The van der Waals surface area contributed by atoms with E-state index in [0.717, 1.165) is 16.7 Å². The fraction of sp³-hybridized carbons (Fsp3) is 0. The van der Waals surface area contributed by atoms with Gasteiger partial charge in [-0.15, -0.1) is 0 Å². The van der Waals surface area contributed by atoms with Crippen molar-refractivity contribution in [2.45, 2.75) is 19.6 Å². The van der Waals surface area contributed by atoms with Crippen LogP contribution < -0.4 is 9.96 Å². The lowest BCUT2D eigenvalue weighted by atomic mass is 10.2. The van der Waals surface area contributed by atoms with Gasteiger partial charge in [0.1, 0.15) is 5.75 Å². The molecule has 3 N–H and O–H groups in total. The van der Waals surface area contributed by atoms with E-state index in [1.54, 1.807) is 48.5 Å². The zero-order valence-electron chi connectivity index (χ0n) is 18.4. The third kappa shape index (κ3) is 6.08. The number of carboxylic acids is 1. The van der Waals surface area contributed by atoms with Crippen LogP contribution in [0.1, 0.15) is 20.7 Å². The maximum Gasteiger partial charge on any atom is 0.344 e. The van der Waals surface area contributed by atoms with E-state index in [0.29, 0.717) is 25.3 Å². The molecule has 0 amide bonds. The summed E-state index contributed by atoms with van der Waals surface area (Å²) in [6.45, 7) is 0. The Morgan fingerprint density at radius 1 is 0.778 bits per heavy atom. The highest BCUT2D eigenvalue weighted by Crippen LogP contribution is 2.37. The predicted octanol–water partition coefficient (Wildman–Crippen LogP) is 5.96. The van der Waals surface area contributed by atoms with E-state index in [2.05, 4.69) is 0 Å². The minimum Gasteiger partial charge on any atom is -0.595 e. The van der Waals surface area contributed by atoms with Crippen molar-refractivity contribution < 1.29 is 29.9 Å². The fourth-order valence-corrected chi connectivity index (χ4v) is 5.46. The normalized spacial score (nSPS) is 11.6. The van der Waals surface area contributed by atoms with Crippen molar-refractivity contribution >= 4 is 52.8 Å². The minimum absolute atomic E-state index is 0.0471. The number of benzene rings is 4. The zero-order valence-corrected chi connectivity index (χ0v) is 20.8. The largest absolute Gasteiger partial charge is 0.595 e. The van der Waals surface area contributed by atoms with Crippen LogP contribution in [-0.4, -0.2) is 22.3 Å². The standard InChI is InChI=1S/C26H18ClNO6S2/c27-19-8-2-5-11-23(19)35-21-10-4-1-7-17(21)26(31)34-16-13-14-22(18(15-16)25(29)30)36-24-12-6-3-9-20(24)28(32)33/h1-15,28,32H,(H,29,30). The fourth-order valence-electron chi connectivity index (χ4n) is 3.21. The summed E-state index contributed by atoms with van der Waals surface area (Å²) in [5.74, 6) is -1.85. The van der Waals surface area contributed by atoms with Crippen molar-refractivity contribution in [2.75, 3.05) is 0 Å². The molecule has 0 heterocycles. The second kappa shape index (κ2) is 11.6. The van der Waals surface area contributed by atoms with E-state index >= 15 is 0 Å². The van der Waals surface area contributed by atoms with Gasteiger partial charge in [0.15, 0.2) is 5.69 Å². The number of carbonyl (C=O) groups excluding carboxylic acids is 1. The maximum absolute atomic E-state index is 13.0. The lowest BCUT2D eigenvalue weighted by Crippen LogP contribution is -2.99. The summed E-state index contributed by atoms with van der Waals surface area (Å²) in [6, 6.07) is 24.6. The van der Waals surface area contributed by atoms with Crippen molar-refractivity contribution in [1.29, 1.82) is 0 Å². The van der Waals surface area contributed by atoms with E-state index in [1.807, 2.05) is 18.2 Å². The summed E-state index contributed by atoms with van der Waals surface area (Å²) < 4.78 is 5.52. The highest BCUT2D eigenvalue weighted by atomic mass is 35.5. The molecular weight excluding hydrogens is 522 g/mol. The molecule has 1 unspecified atom stereocenters. The molecule has 7 nitrogen and oxygen atoms in total. The molecule has 0 aromatic heterocycles. The van der Waals surface area contributed by atoms with Crippen molar-refractivity contribution in [2.24, 2.45) is 0 Å². The van der Waals surface area contributed by atoms with Gasteiger partial charge in [0.05, 0.1) is 21.0 Å². The van der Waals surface area contributed by atoms with Gasteiger partial charge in [-0.2, -0.15) is 5.23 Å². The van der Waals surface area contributed by atoms with Crippen LogP contribution in [0.15, 0.2) is 111 Å². The number of quaternary nitrogens is 1. The number of para-hydroxylation sites is 1. The van der Waals surface area contributed by atoms with Gasteiger partial charge < -0.3 is 15.1 Å². The number of aromatic carboxylic acids is 1. The molecule has 182 valence electrons. The molecule has 36 heavy (non-hydrogen) atoms. The van der Waals surface area contributed by atoms with Crippen LogP contribution in [0, 0.1) is 5.21 Å². The minimum atomic E-state index is -1.24. The average molecular weight is 540 g/mol. The molecular formula is C26H18ClNO6S2. The van der Waals surface area contributed by atoms with Crippen LogP contribution in [0.3, 0.4) is 0 Å². The SMILES string of the molecule is O=C(O)c1cc(OC(=O)c2ccccc2Sc2ccccc2Cl)ccc1Sc1ccccc1[NH+]([O-])O. The van der Waals surface area contributed by atoms with Crippen LogP contribution in [0.4, 0.5) is 5.69 Å². The van der Waals surface area contributed by atoms with Crippen molar-refractivity contribution in [3.05, 3.63) is 112 Å². The van der Waals surface area contributed by atoms with Crippen molar-refractivity contribution in [3.8, 4) is 5.75 Å². The highest BCUT2D eigenvalue weighted by molar-refractivity contribution is 7.99. The summed E-state index contributed by atoms with van der Waals surface area (Å²) in [7, 11) is 0. The van der Waals surface area contributed by atoms with Gasteiger partial charge in [-0.3, -0.25) is 0 Å². The van der Waals surface area contributed by atoms with E-state index in [1.165, 1.54) is 36.0 Å². The molecule has 0 bridgehead atoms. The Morgan fingerprint density at radius 2 is 1.36 bits per heavy atom. The molecule has 0 aliphatic rings. The number of halogens is 1. The Labute approximate surface area is 219 Å². The molecule has 4 aromatic rings. The van der Waals surface area contributed by atoms with Crippen LogP contribution in [-0.2, 0) is 0 Å². The van der Waals surface area contributed by atoms with Crippen molar-refractivity contribution in [1.82, 2.24) is 0 Å². The Hall–Kier alpha value is -3.31. The van der Waals surface area contributed by atoms with E-state index < -0.39 is 17.2 Å². The van der Waals surface area contributed by atoms with Gasteiger partial charge in [0.2, 0.25) is 0 Å². The first-order chi connectivity index (χ1) is 17.3. The van der Waals surface area contributed by atoms with Gasteiger partial charge in [-0.1, -0.05) is 71.5 Å². The van der Waals surface area contributed by atoms with E-state index in [-0.39, 0.29) is 17.0 Å². The summed E-state index contributed by atoms with van der Waals surface area (Å²) in [5.41, 5.74) is 0.235. The van der Waals surface area contributed by atoms with Gasteiger partial charge in [-0.25, -0.2) is 14.8 Å². The number of carbonyl (C=O) groups is 2. The van der Waals surface area contributed by atoms with Gasteiger partial charge in [-0.05, 0) is 48.5 Å². The molecule has 4 rings (SSSR count). The lowest BCUT2D eigenvalue weighted by Gasteiger charge is -2.16. The highest BCUT2D eigenvalue weighted by Gasteiger charge is 2.19. The molecule has 10 heteroatoms. The molecule has 0 fully saturated rings. The van der Waals surface area contributed by atoms with Gasteiger partial charge in [0.25, 0.3) is 0 Å². The van der Waals surface area contributed by atoms with E-state index in [9.17, 15) is 25.1 Å². The number of nitrogens with one attached hydrogen (secondary N) is 1. The molecule has 0 saturated carbocycles. The van der Waals surface area contributed by atoms with Crippen LogP contribution >= 0.6 is 35.1 Å². The number of esters is 1. The third-order valence-electron chi connectivity index (χ3n) is 4.89. The van der Waals surface area contributed by atoms with Crippen LogP contribution in [0.2, 0.25) is 5.02 Å². The quantitative estimate of drug-likeness (QED) is 0.143. The number of hydrogen-bond donors (Lipinski definition) is 3. The first-order valence-corrected chi connectivity index (χ1v) is 12.5. The van der Waals surface area contributed by atoms with Gasteiger partial charge in [0, 0.05) is 20.8 Å². The Bertz CT molecular complexity index is 1430. The molecule has 4 aromatic carbocycles. The summed E-state index contributed by atoms with van der Waals surface area (Å²) in [4.78, 5) is 27.0. The van der Waals surface area contributed by atoms with Gasteiger partial charge >= 0.3 is 11.9 Å². The summed E-state index contributed by atoms with van der Waals surface area (Å²) in [6.07, 6.45) is 0. The second-order valence-corrected chi connectivity index (χ2v) is 9.86. The van der Waals surface area contributed by atoms with Crippen molar-refractivity contribution in [3.63, 3.8) is 0 Å². The first-order valence-electron chi connectivity index (χ1n) is 10.4. The second-order valence-electron chi connectivity index (χ2n) is 7.28. The number of hydrogen-bond acceptors (Lipinski definition) is 7. The monoisotopic (exact) mass is 539 g/mol. The predicted molar refractivity (Wildman–Crippen MR) is 137 cm³/mol. The smallest absolute Gasteiger partial charge is 0.344 e. The topological polar surface area (TPSA) is 111 Å². The Morgan fingerprint density at radius 3 is 2.06 bits per heavy atom. The molecule has 0 saturated heterocycles. The maximum atomic E-state index is 13.0. The Balaban J connectivity index is 1.59.